The van der Waals surface area contributed by atoms with Gasteiger partial charge >= 0.3 is 5.97 Å². The van der Waals surface area contributed by atoms with Gasteiger partial charge in [-0.3, -0.25) is 14.4 Å². The Morgan fingerprint density at radius 1 is 1.10 bits per heavy atom. The van der Waals surface area contributed by atoms with E-state index in [1.807, 2.05) is 6.08 Å². The van der Waals surface area contributed by atoms with Gasteiger partial charge in [-0.1, -0.05) is 19.4 Å². The van der Waals surface area contributed by atoms with Gasteiger partial charge in [-0.05, 0) is 81.1 Å². The standard InChI is InChI=1S/C24H35N3O4/c1-14(28)24(31-20(30)13-27-21(25)26)11-8-19-17-5-4-15-12-16(29)6-9-22(15,2)18(17)7-10-23(19,24)3/h12,17-19H,4-11,13H2,1-3H3,(H4,25,26,27)/t17?,18?,19?,22?,23?,24-/m0/s1. The normalized spacial score (nSPS) is 41.3. The fourth-order valence-corrected chi connectivity index (χ4v) is 7.76. The fourth-order valence-electron chi connectivity index (χ4n) is 7.76. The Hall–Kier alpha value is -2.18. The summed E-state index contributed by atoms with van der Waals surface area (Å²) in [5, 5.41) is 0. The number of carbonyl (C=O) groups excluding carboxylic acids is 3. The molecule has 4 aliphatic carbocycles. The number of fused-ring (bicyclic) bond motifs is 5. The van der Waals surface area contributed by atoms with E-state index in [-0.39, 0.29) is 29.5 Å². The zero-order valence-corrected chi connectivity index (χ0v) is 18.9. The van der Waals surface area contributed by atoms with Crippen LogP contribution in [0.1, 0.15) is 72.1 Å². The van der Waals surface area contributed by atoms with Crippen LogP contribution >= 0.6 is 0 Å². The van der Waals surface area contributed by atoms with Crippen molar-refractivity contribution >= 4 is 23.5 Å². The summed E-state index contributed by atoms with van der Waals surface area (Å²) in [6.45, 7) is 5.76. The number of nitrogens with two attached hydrogens (primary N) is 2. The summed E-state index contributed by atoms with van der Waals surface area (Å²) in [7, 11) is 0. The number of Topliss-reactive ketones (excluding diaryl/α,β-unsaturated/α-hetero) is 1. The van der Waals surface area contributed by atoms with Crippen molar-refractivity contribution in [3.63, 3.8) is 0 Å². The second-order valence-electron chi connectivity index (χ2n) is 10.6. The molecule has 0 bridgehead atoms. The van der Waals surface area contributed by atoms with Crippen LogP contribution in [0, 0.1) is 28.6 Å². The number of ether oxygens (including phenoxy) is 1. The molecule has 6 atom stereocenters. The summed E-state index contributed by atoms with van der Waals surface area (Å²) < 4.78 is 5.95. The quantitative estimate of drug-likeness (QED) is 0.402. The first kappa shape index (κ1) is 22.0. The van der Waals surface area contributed by atoms with E-state index in [0.29, 0.717) is 30.6 Å². The van der Waals surface area contributed by atoms with Gasteiger partial charge in [0.15, 0.2) is 23.1 Å². The monoisotopic (exact) mass is 429 g/mol. The molecule has 0 aliphatic heterocycles. The minimum absolute atomic E-state index is 0.0731. The van der Waals surface area contributed by atoms with Crippen LogP contribution in [0.3, 0.4) is 0 Å². The molecule has 0 amide bonds. The highest BCUT2D eigenvalue weighted by molar-refractivity contribution is 5.92. The molecule has 7 nitrogen and oxygen atoms in total. The molecule has 4 rings (SSSR count). The zero-order chi connectivity index (χ0) is 22.6. The second-order valence-corrected chi connectivity index (χ2v) is 10.6. The smallest absolute Gasteiger partial charge is 0.328 e. The lowest BCUT2D eigenvalue weighted by Gasteiger charge is -2.59. The maximum Gasteiger partial charge on any atom is 0.328 e. The van der Waals surface area contributed by atoms with E-state index < -0.39 is 17.0 Å². The van der Waals surface area contributed by atoms with E-state index in [1.165, 1.54) is 5.57 Å². The molecule has 3 saturated carbocycles. The number of esters is 1. The Bertz CT molecular complexity index is 876. The summed E-state index contributed by atoms with van der Waals surface area (Å²) >= 11 is 0. The van der Waals surface area contributed by atoms with Gasteiger partial charge in [-0.2, -0.15) is 0 Å². The first-order valence-corrected chi connectivity index (χ1v) is 11.6. The molecule has 7 heteroatoms. The number of nitrogens with zero attached hydrogens (tertiary/aromatic N) is 1. The van der Waals surface area contributed by atoms with Crippen LogP contribution in [0.4, 0.5) is 0 Å². The van der Waals surface area contributed by atoms with E-state index in [2.05, 4.69) is 18.8 Å². The summed E-state index contributed by atoms with van der Waals surface area (Å²) in [5.41, 5.74) is 10.6. The average molecular weight is 430 g/mol. The summed E-state index contributed by atoms with van der Waals surface area (Å²) in [6, 6.07) is 0. The van der Waals surface area contributed by atoms with Gasteiger partial charge in [0.25, 0.3) is 0 Å². The number of rotatable bonds is 4. The lowest BCUT2D eigenvalue weighted by molar-refractivity contribution is -0.187. The van der Waals surface area contributed by atoms with Crippen LogP contribution in [0.2, 0.25) is 0 Å². The van der Waals surface area contributed by atoms with Crippen LogP contribution in [-0.2, 0) is 19.1 Å². The lowest BCUT2D eigenvalue weighted by atomic mass is 9.46. The van der Waals surface area contributed by atoms with Crippen molar-refractivity contribution in [2.45, 2.75) is 77.7 Å². The molecule has 4 aliphatic rings. The van der Waals surface area contributed by atoms with Gasteiger partial charge in [0.1, 0.15) is 6.54 Å². The topological polar surface area (TPSA) is 125 Å². The molecule has 0 aromatic rings. The summed E-state index contributed by atoms with van der Waals surface area (Å²) in [5.74, 6) is 0.762. The molecule has 0 aromatic carbocycles. The van der Waals surface area contributed by atoms with E-state index >= 15 is 0 Å². The van der Waals surface area contributed by atoms with Crippen LogP contribution < -0.4 is 11.5 Å². The molecule has 4 N–H and O–H groups in total. The maximum absolute atomic E-state index is 13.0. The van der Waals surface area contributed by atoms with Crippen LogP contribution in [0.25, 0.3) is 0 Å². The Morgan fingerprint density at radius 3 is 2.48 bits per heavy atom. The number of hydrogen-bond acceptors (Lipinski definition) is 5. The van der Waals surface area contributed by atoms with Crippen molar-refractivity contribution in [3.05, 3.63) is 11.6 Å². The first-order chi connectivity index (χ1) is 14.5. The average Bonchev–Trinajstić information content (AvgIpc) is 3.00. The third-order valence-corrected chi connectivity index (χ3v) is 9.33. The molecular formula is C24H35N3O4. The minimum Gasteiger partial charge on any atom is -0.449 e. The fraction of sp³-hybridized carbons (Fsp3) is 0.750. The van der Waals surface area contributed by atoms with Crippen molar-refractivity contribution in [2.24, 2.45) is 45.0 Å². The molecule has 31 heavy (non-hydrogen) atoms. The number of hydrogen-bond donors (Lipinski definition) is 2. The van der Waals surface area contributed by atoms with Gasteiger partial charge < -0.3 is 16.2 Å². The Balaban J connectivity index is 1.63. The van der Waals surface area contributed by atoms with Crippen molar-refractivity contribution in [1.29, 1.82) is 0 Å². The van der Waals surface area contributed by atoms with E-state index in [1.54, 1.807) is 6.92 Å². The largest absolute Gasteiger partial charge is 0.449 e. The van der Waals surface area contributed by atoms with Crippen LogP contribution in [0.15, 0.2) is 16.6 Å². The molecule has 3 fully saturated rings. The Labute approximate surface area is 184 Å². The highest BCUT2D eigenvalue weighted by Gasteiger charge is 2.67. The third kappa shape index (κ3) is 3.23. The zero-order valence-electron chi connectivity index (χ0n) is 18.9. The molecule has 0 heterocycles. The second kappa shape index (κ2) is 7.45. The van der Waals surface area contributed by atoms with Gasteiger partial charge in [-0.15, -0.1) is 0 Å². The highest BCUT2D eigenvalue weighted by Crippen LogP contribution is 2.68. The predicted octanol–water partition coefficient (Wildman–Crippen LogP) is 2.66. The van der Waals surface area contributed by atoms with Crippen molar-refractivity contribution < 1.29 is 19.1 Å². The van der Waals surface area contributed by atoms with Gasteiger partial charge in [0.05, 0.1) is 0 Å². The molecular weight excluding hydrogens is 394 g/mol. The SMILES string of the molecule is CC(=O)[C@@]1(OC(=O)CN=C(N)N)CCC2C3CCC4=CC(=O)CCC4(C)C3CCC21C. The van der Waals surface area contributed by atoms with E-state index in [9.17, 15) is 14.4 Å². The summed E-state index contributed by atoms with van der Waals surface area (Å²) in [6.07, 6.45) is 8.71. The number of ketones is 2. The Kier molecular flexibility index (Phi) is 5.30. The molecule has 0 aromatic heterocycles. The van der Waals surface area contributed by atoms with Crippen molar-refractivity contribution in [3.8, 4) is 0 Å². The van der Waals surface area contributed by atoms with Crippen molar-refractivity contribution in [2.75, 3.05) is 6.54 Å². The number of aliphatic imine (C=N–C) groups is 1. The maximum atomic E-state index is 13.0. The number of allylic oxidation sites excluding steroid dienone is 1. The highest BCUT2D eigenvalue weighted by atomic mass is 16.6. The van der Waals surface area contributed by atoms with E-state index in [4.69, 9.17) is 16.2 Å². The minimum atomic E-state index is -1.11. The molecule has 0 spiro atoms. The van der Waals surface area contributed by atoms with Gasteiger partial charge in [-0.25, -0.2) is 4.99 Å². The molecule has 0 saturated heterocycles. The molecule has 170 valence electrons. The number of carbonyl (C=O) groups is 3. The lowest BCUT2D eigenvalue weighted by Crippen LogP contribution is -2.58. The first-order valence-electron chi connectivity index (χ1n) is 11.6. The number of guanidine groups is 1. The third-order valence-electron chi connectivity index (χ3n) is 9.33. The van der Waals surface area contributed by atoms with Crippen LogP contribution in [-0.4, -0.2) is 35.6 Å². The predicted molar refractivity (Wildman–Crippen MR) is 117 cm³/mol. The molecule has 5 unspecified atom stereocenters. The Morgan fingerprint density at radius 2 is 1.81 bits per heavy atom. The van der Waals surface area contributed by atoms with Gasteiger partial charge in [0.2, 0.25) is 0 Å². The van der Waals surface area contributed by atoms with Gasteiger partial charge in [0, 0.05) is 11.8 Å². The van der Waals surface area contributed by atoms with Crippen LogP contribution in [0.5, 0.6) is 0 Å². The van der Waals surface area contributed by atoms with E-state index in [0.717, 1.165) is 38.5 Å². The molecule has 0 radical (unpaired) electrons. The summed E-state index contributed by atoms with van der Waals surface area (Å²) in [4.78, 5) is 41.3. The van der Waals surface area contributed by atoms with Crippen molar-refractivity contribution in [1.82, 2.24) is 0 Å².